The van der Waals surface area contributed by atoms with Gasteiger partial charge in [0.2, 0.25) is 5.91 Å². The van der Waals surface area contributed by atoms with E-state index in [2.05, 4.69) is 33.7 Å². The second-order valence-corrected chi connectivity index (χ2v) is 9.47. The van der Waals surface area contributed by atoms with Crippen LogP contribution in [0, 0.1) is 5.92 Å². The lowest BCUT2D eigenvalue weighted by Crippen LogP contribution is -2.45. The molecule has 0 spiro atoms. The molecule has 5 rings (SSSR count). The van der Waals surface area contributed by atoms with Crippen LogP contribution < -0.4 is 0 Å². The number of hydrogen-bond donors (Lipinski definition) is 0. The Hall–Kier alpha value is -3.08. The number of para-hydroxylation sites is 1. The molecule has 33 heavy (non-hydrogen) atoms. The fourth-order valence-electron chi connectivity index (χ4n) is 5.36. The minimum absolute atomic E-state index is 0.0577. The van der Waals surface area contributed by atoms with Crippen molar-refractivity contribution in [3.8, 4) is 0 Å². The van der Waals surface area contributed by atoms with Gasteiger partial charge in [-0.05, 0) is 43.4 Å². The van der Waals surface area contributed by atoms with Crippen LogP contribution in [-0.2, 0) is 11.3 Å². The van der Waals surface area contributed by atoms with Crippen LogP contribution in [0.15, 0.2) is 60.7 Å². The van der Waals surface area contributed by atoms with Gasteiger partial charge in [0.1, 0.15) is 5.69 Å². The fraction of sp³-hybridized carbons (Fsp3) is 0.429. The zero-order chi connectivity index (χ0) is 22.6. The third-order valence-electron chi connectivity index (χ3n) is 7.26. The molecule has 2 aliphatic heterocycles. The summed E-state index contributed by atoms with van der Waals surface area (Å²) in [6.45, 7) is 3.76. The van der Waals surface area contributed by atoms with E-state index in [9.17, 15) is 9.59 Å². The van der Waals surface area contributed by atoms with Gasteiger partial charge in [0.25, 0.3) is 5.91 Å². The molecule has 0 unspecified atom stereocenters. The lowest BCUT2D eigenvalue weighted by Gasteiger charge is -2.34. The summed E-state index contributed by atoms with van der Waals surface area (Å²) in [4.78, 5) is 30.7. The lowest BCUT2D eigenvalue weighted by atomic mass is 9.95. The summed E-state index contributed by atoms with van der Waals surface area (Å²) in [6, 6.07) is 20.5. The van der Waals surface area contributed by atoms with Gasteiger partial charge in [-0.15, -0.1) is 0 Å². The second kappa shape index (κ2) is 9.82. The van der Waals surface area contributed by atoms with Gasteiger partial charge in [0.15, 0.2) is 0 Å². The van der Waals surface area contributed by atoms with Crippen molar-refractivity contribution in [1.82, 2.24) is 14.4 Å². The highest BCUT2D eigenvalue weighted by Gasteiger charge is 2.31. The minimum atomic E-state index is 0.0577. The maximum Gasteiger partial charge on any atom is 0.270 e. The molecule has 0 aliphatic carbocycles. The Labute approximate surface area is 196 Å². The van der Waals surface area contributed by atoms with Crippen molar-refractivity contribution in [2.45, 2.75) is 45.1 Å². The van der Waals surface area contributed by atoms with E-state index in [4.69, 9.17) is 0 Å². The molecule has 2 aromatic carbocycles. The van der Waals surface area contributed by atoms with Crippen molar-refractivity contribution in [3.05, 3.63) is 71.9 Å². The molecule has 1 aromatic heterocycles. The first-order valence-corrected chi connectivity index (χ1v) is 12.4. The molecule has 0 bridgehead atoms. The number of fused-ring (bicyclic) bond motifs is 1. The highest BCUT2D eigenvalue weighted by molar-refractivity contribution is 5.99. The van der Waals surface area contributed by atoms with Gasteiger partial charge in [0, 0.05) is 49.5 Å². The quantitative estimate of drug-likeness (QED) is 0.573. The molecular weight excluding hydrogens is 410 g/mol. The van der Waals surface area contributed by atoms with Crippen LogP contribution >= 0.6 is 0 Å². The average Bonchev–Trinajstić information content (AvgIpc) is 3.03. The number of benzene rings is 2. The van der Waals surface area contributed by atoms with Crippen LogP contribution in [0.2, 0.25) is 0 Å². The van der Waals surface area contributed by atoms with Gasteiger partial charge < -0.3 is 14.4 Å². The topological polar surface area (TPSA) is 45.6 Å². The summed E-state index contributed by atoms with van der Waals surface area (Å²) in [6.07, 6.45) is 6.23. The molecule has 3 aromatic rings. The molecule has 2 amide bonds. The Morgan fingerprint density at radius 2 is 1.42 bits per heavy atom. The Morgan fingerprint density at radius 1 is 0.758 bits per heavy atom. The number of rotatable bonds is 4. The number of aromatic nitrogens is 1. The molecule has 5 nitrogen and oxygen atoms in total. The molecule has 0 saturated carbocycles. The van der Waals surface area contributed by atoms with Crippen LogP contribution in [0.25, 0.3) is 10.9 Å². The van der Waals surface area contributed by atoms with Crippen molar-refractivity contribution in [2.24, 2.45) is 5.92 Å². The zero-order valence-corrected chi connectivity index (χ0v) is 19.3. The van der Waals surface area contributed by atoms with Gasteiger partial charge in [-0.3, -0.25) is 9.59 Å². The number of nitrogens with zero attached hydrogens (tertiary/aromatic N) is 3. The molecule has 2 aliphatic rings. The van der Waals surface area contributed by atoms with Gasteiger partial charge in [-0.1, -0.05) is 61.4 Å². The summed E-state index contributed by atoms with van der Waals surface area (Å²) in [5.74, 6) is 0.437. The van der Waals surface area contributed by atoms with E-state index in [0.29, 0.717) is 25.5 Å². The van der Waals surface area contributed by atoms with Crippen LogP contribution in [0.3, 0.4) is 0 Å². The van der Waals surface area contributed by atoms with E-state index < -0.39 is 0 Å². The fourth-order valence-corrected chi connectivity index (χ4v) is 5.36. The van der Waals surface area contributed by atoms with E-state index in [0.717, 1.165) is 55.4 Å². The Morgan fingerprint density at radius 3 is 2.15 bits per heavy atom. The monoisotopic (exact) mass is 443 g/mol. The Bertz CT molecular complexity index is 1100. The zero-order valence-electron chi connectivity index (χ0n) is 19.3. The molecule has 0 atom stereocenters. The van der Waals surface area contributed by atoms with Crippen molar-refractivity contribution in [1.29, 1.82) is 0 Å². The molecule has 172 valence electrons. The number of likely N-dealkylation sites (tertiary alicyclic amines) is 2. The smallest absolute Gasteiger partial charge is 0.270 e. The number of carbonyl (C=O) groups is 2. The highest BCUT2D eigenvalue weighted by Crippen LogP contribution is 2.26. The summed E-state index contributed by atoms with van der Waals surface area (Å²) in [5, 5.41) is 1.09. The summed E-state index contributed by atoms with van der Waals surface area (Å²) >= 11 is 0. The maximum absolute atomic E-state index is 13.6. The Balaban J connectivity index is 1.31. The van der Waals surface area contributed by atoms with Crippen molar-refractivity contribution in [3.63, 3.8) is 0 Å². The summed E-state index contributed by atoms with van der Waals surface area (Å²) in [5.41, 5.74) is 2.99. The SMILES string of the molecule is O=C(c1cc2ccccc2n1Cc1ccccc1)N1CCC(C(=O)N2CCCCCC2)CC1. The third-order valence-corrected chi connectivity index (χ3v) is 7.26. The molecule has 0 N–H and O–H groups in total. The number of carbonyl (C=O) groups excluding carboxylic acids is 2. The largest absolute Gasteiger partial charge is 0.342 e. The van der Waals surface area contributed by atoms with E-state index >= 15 is 0 Å². The third kappa shape index (κ3) is 4.68. The molecule has 2 saturated heterocycles. The molecule has 2 fully saturated rings. The van der Waals surface area contributed by atoms with Crippen LogP contribution in [0.4, 0.5) is 0 Å². The van der Waals surface area contributed by atoms with E-state index in [-0.39, 0.29) is 11.8 Å². The van der Waals surface area contributed by atoms with Crippen molar-refractivity contribution < 1.29 is 9.59 Å². The normalized spacial score (nSPS) is 17.8. The average molecular weight is 444 g/mol. The number of amides is 2. The highest BCUT2D eigenvalue weighted by atomic mass is 16.2. The van der Waals surface area contributed by atoms with Crippen LogP contribution in [0.5, 0.6) is 0 Å². The van der Waals surface area contributed by atoms with Gasteiger partial charge in [-0.2, -0.15) is 0 Å². The molecular formula is C28H33N3O2. The minimum Gasteiger partial charge on any atom is -0.342 e. The molecule has 0 radical (unpaired) electrons. The number of piperidine rings is 1. The van der Waals surface area contributed by atoms with Crippen molar-refractivity contribution >= 4 is 22.7 Å². The first-order valence-electron chi connectivity index (χ1n) is 12.4. The van der Waals surface area contributed by atoms with E-state index in [1.807, 2.05) is 41.3 Å². The van der Waals surface area contributed by atoms with Crippen LogP contribution in [0.1, 0.15) is 54.6 Å². The first kappa shape index (κ1) is 21.7. The predicted octanol–water partition coefficient (Wildman–Crippen LogP) is 4.94. The van der Waals surface area contributed by atoms with Gasteiger partial charge in [0.05, 0.1) is 0 Å². The maximum atomic E-state index is 13.6. The van der Waals surface area contributed by atoms with E-state index in [1.54, 1.807) is 0 Å². The Kier molecular flexibility index (Phi) is 6.47. The lowest BCUT2D eigenvalue weighted by molar-refractivity contribution is -0.136. The summed E-state index contributed by atoms with van der Waals surface area (Å²) in [7, 11) is 0. The molecule has 5 heteroatoms. The van der Waals surface area contributed by atoms with Gasteiger partial charge >= 0.3 is 0 Å². The molecule has 3 heterocycles. The van der Waals surface area contributed by atoms with Crippen LogP contribution in [-0.4, -0.2) is 52.4 Å². The number of hydrogen-bond acceptors (Lipinski definition) is 2. The standard InChI is InChI=1S/C28H33N3O2/c32-27(29-16-8-1-2-9-17-29)23-14-18-30(19-15-23)28(33)26-20-24-12-6-7-13-25(24)31(26)21-22-10-4-3-5-11-22/h3-7,10-13,20,23H,1-2,8-9,14-19,21H2. The first-order chi connectivity index (χ1) is 16.2. The van der Waals surface area contributed by atoms with E-state index in [1.165, 1.54) is 18.4 Å². The predicted molar refractivity (Wildman–Crippen MR) is 131 cm³/mol. The van der Waals surface area contributed by atoms with Gasteiger partial charge in [-0.25, -0.2) is 0 Å². The van der Waals surface area contributed by atoms with Crippen molar-refractivity contribution in [2.75, 3.05) is 26.2 Å². The summed E-state index contributed by atoms with van der Waals surface area (Å²) < 4.78 is 2.14. The second-order valence-electron chi connectivity index (χ2n) is 9.47.